The lowest BCUT2D eigenvalue weighted by Crippen LogP contribution is -2.44. The van der Waals surface area contributed by atoms with Gasteiger partial charge in [-0.1, -0.05) is 6.07 Å². The Morgan fingerprint density at radius 3 is 2.65 bits per heavy atom. The summed E-state index contributed by atoms with van der Waals surface area (Å²) in [5.41, 5.74) is 0.718. The number of amides is 1. The highest BCUT2D eigenvalue weighted by molar-refractivity contribution is 5.94. The van der Waals surface area contributed by atoms with Crippen molar-refractivity contribution in [1.82, 2.24) is 9.80 Å². The summed E-state index contributed by atoms with van der Waals surface area (Å²) in [7, 11) is 1.63. The van der Waals surface area contributed by atoms with Gasteiger partial charge in [0.1, 0.15) is 5.75 Å². The summed E-state index contributed by atoms with van der Waals surface area (Å²) in [6.07, 6.45) is 2.18. The van der Waals surface area contributed by atoms with Crippen molar-refractivity contribution in [2.24, 2.45) is 5.92 Å². The first-order valence-electron chi connectivity index (χ1n) is 8.49. The molecule has 0 spiro atoms. The normalized spacial score (nSPS) is 20.5. The van der Waals surface area contributed by atoms with Crippen molar-refractivity contribution in [2.75, 3.05) is 53.0 Å². The van der Waals surface area contributed by atoms with Crippen LogP contribution in [0, 0.1) is 5.92 Å². The van der Waals surface area contributed by atoms with Crippen LogP contribution in [0.1, 0.15) is 23.2 Å². The number of rotatable bonds is 4. The molecule has 23 heavy (non-hydrogen) atoms. The van der Waals surface area contributed by atoms with Crippen molar-refractivity contribution in [1.29, 1.82) is 0 Å². The molecule has 2 saturated heterocycles. The molecule has 0 N–H and O–H groups in total. The highest BCUT2D eigenvalue weighted by Gasteiger charge is 2.25. The molecule has 5 heteroatoms. The van der Waals surface area contributed by atoms with Gasteiger partial charge in [-0.05, 0) is 37.0 Å². The average molecular weight is 318 g/mol. The molecule has 0 aromatic heterocycles. The van der Waals surface area contributed by atoms with E-state index >= 15 is 0 Å². The van der Waals surface area contributed by atoms with Gasteiger partial charge in [-0.15, -0.1) is 0 Å². The molecule has 0 saturated carbocycles. The summed E-state index contributed by atoms with van der Waals surface area (Å²) >= 11 is 0. The van der Waals surface area contributed by atoms with Gasteiger partial charge in [0.15, 0.2) is 0 Å². The first-order valence-corrected chi connectivity index (χ1v) is 8.49. The van der Waals surface area contributed by atoms with Crippen molar-refractivity contribution in [2.45, 2.75) is 12.8 Å². The van der Waals surface area contributed by atoms with Crippen LogP contribution >= 0.6 is 0 Å². The molecule has 3 rings (SSSR count). The zero-order chi connectivity index (χ0) is 16.1. The standard InChI is InChI=1S/C18H26N2O3/c1-22-17-4-2-3-16(13-17)18(21)20-7-5-15(6-8-20)14-19-9-11-23-12-10-19/h2-4,13,15H,5-12,14H2,1H3. The summed E-state index contributed by atoms with van der Waals surface area (Å²) < 4.78 is 10.6. The lowest BCUT2D eigenvalue weighted by atomic mass is 9.95. The van der Waals surface area contributed by atoms with E-state index in [0.717, 1.165) is 70.1 Å². The van der Waals surface area contributed by atoms with E-state index in [1.165, 1.54) is 0 Å². The molecular weight excluding hydrogens is 292 g/mol. The summed E-state index contributed by atoms with van der Waals surface area (Å²) in [6, 6.07) is 7.43. The molecular formula is C18H26N2O3. The second-order valence-corrected chi connectivity index (χ2v) is 6.38. The Kier molecular flexibility index (Phi) is 5.51. The number of carbonyl (C=O) groups is 1. The molecule has 2 heterocycles. The first kappa shape index (κ1) is 16.3. The van der Waals surface area contributed by atoms with Crippen LogP contribution in [-0.2, 0) is 4.74 Å². The number of likely N-dealkylation sites (tertiary alicyclic amines) is 1. The topological polar surface area (TPSA) is 42.0 Å². The third kappa shape index (κ3) is 4.24. The van der Waals surface area contributed by atoms with Gasteiger partial charge in [0.05, 0.1) is 20.3 Å². The van der Waals surface area contributed by atoms with Gasteiger partial charge < -0.3 is 14.4 Å². The molecule has 2 fully saturated rings. The highest BCUT2D eigenvalue weighted by atomic mass is 16.5. The molecule has 1 amide bonds. The maximum Gasteiger partial charge on any atom is 0.253 e. The third-order valence-corrected chi connectivity index (χ3v) is 4.84. The van der Waals surface area contributed by atoms with Gasteiger partial charge in [0.25, 0.3) is 5.91 Å². The Balaban J connectivity index is 1.50. The zero-order valence-corrected chi connectivity index (χ0v) is 13.9. The zero-order valence-electron chi connectivity index (χ0n) is 13.9. The fraction of sp³-hybridized carbons (Fsp3) is 0.611. The van der Waals surface area contributed by atoms with Crippen molar-refractivity contribution in [3.8, 4) is 5.75 Å². The van der Waals surface area contributed by atoms with E-state index in [4.69, 9.17) is 9.47 Å². The Morgan fingerprint density at radius 2 is 1.96 bits per heavy atom. The quantitative estimate of drug-likeness (QED) is 0.850. The van der Waals surface area contributed by atoms with Gasteiger partial charge in [-0.25, -0.2) is 0 Å². The minimum atomic E-state index is 0.119. The van der Waals surface area contributed by atoms with E-state index in [1.807, 2.05) is 29.2 Å². The molecule has 126 valence electrons. The van der Waals surface area contributed by atoms with Crippen molar-refractivity contribution in [3.05, 3.63) is 29.8 Å². The average Bonchev–Trinajstić information content (AvgIpc) is 2.63. The Bertz CT molecular complexity index is 521. The number of carbonyl (C=O) groups excluding carboxylic acids is 1. The van der Waals surface area contributed by atoms with Crippen LogP contribution in [0.25, 0.3) is 0 Å². The number of methoxy groups -OCH3 is 1. The molecule has 1 aromatic carbocycles. The third-order valence-electron chi connectivity index (χ3n) is 4.84. The molecule has 0 unspecified atom stereocenters. The van der Waals surface area contributed by atoms with Crippen LogP contribution in [0.15, 0.2) is 24.3 Å². The molecule has 0 atom stereocenters. The fourth-order valence-electron chi connectivity index (χ4n) is 3.41. The second-order valence-electron chi connectivity index (χ2n) is 6.38. The minimum Gasteiger partial charge on any atom is -0.497 e. The number of benzene rings is 1. The van der Waals surface area contributed by atoms with Gasteiger partial charge in [-0.3, -0.25) is 9.69 Å². The molecule has 0 radical (unpaired) electrons. The number of ether oxygens (including phenoxy) is 2. The van der Waals surface area contributed by atoms with Crippen LogP contribution in [0.2, 0.25) is 0 Å². The van der Waals surface area contributed by atoms with E-state index in [2.05, 4.69) is 4.90 Å². The summed E-state index contributed by atoms with van der Waals surface area (Å²) in [5, 5.41) is 0. The first-order chi connectivity index (χ1) is 11.3. The Hall–Kier alpha value is -1.59. The molecule has 1 aromatic rings. The van der Waals surface area contributed by atoms with Gasteiger partial charge in [0.2, 0.25) is 0 Å². The van der Waals surface area contributed by atoms with Crippen LogP contribution in [0.4, 0.5) is 0 Å². The molecule has 5 nitrogen and oxygen atoms in total. The number of piperidine rings is 1. The Labute approximate surface area is 138 Å². The van der Waals surface area contributed by atoms with Crippen molar-refractivity contribution >= 4 is 5.91 Å². The number of nitrogens with zero attached hydrogens (tertiary/aromatic N) is 2. The maximum atomic E-state index is 12.6. The highest BCUT2D eigenvalue weighted by Crippen LogP contribution is 2.22. The number of morpholine rings is 1. The summed E-state index contributed by atoms with van der Waals surface area (Å²) in [4.78, 5) is 17.1. The second kappa shape index (κ2) is 7.79. The molecule has 2 aliphatic rings. The summed E-state index contributed by atoms with van der Waals surface area (Å²) in [5.74, 6) is 1.55. The van der Waals surface area contributed by atoms with Gasteiger partial charge in [-0.2, -0.15) is 0 Å². The molecule has 0 aliphatic carbocycles. The Morgan fingerprint density at radius 1 is 1.22 bits per heavy atom. The van der Waals surface area contributed by atoms with Gasteiger partial charge >= 0.3 is 0 Å². The van der Waals surface area contributed by atoms with E-state index in [1.54, 1.807) is 7.11 Å². The predicted molar refractivity (Wildman–Crippen MR) is 88.9 cm³/mol. The fourth-order valence-corrected chi connectivity index (χ4v) is 3.41. The van der Waals surface area contributed by atoms with E-state index in [9.17, 15) is 4.79 Å². The van der Waals surface area contributed by atoms with E-state index < -0.39 is 0 Å². The molecule has 0 bridgehead atoms. The van der Waals surface area contributed by atoms with Crippen molar-refractivity contribution < 1.29 is 14.3 Å². The van der Waals surface area contributed by atoms with Crippen LogP contribution in [0.5, 0.6) is 5.75 Å². The predicted octanol–water partition coefficient (Wildman–Crippen LogP) is 1.88. The van der Waals surface area contributed by atoms with Gasteiger partial charge in [0, 0.05) is 38.3 Å². The monoisotopic (exact) mass is 318 g/mol. The van der Waals surface area contributed by atoms with Crippen LogP contribution < -0.4 is 4.74 Å². The van der Waals surface area contributed by atoms with Crippen LogP contribution in [-0.4, -0.2) is 68.8 Å². The van der Waals surface area contributed by atoms with Crippen molar-refractivity contribution in [3.63, 3.8) is 0 Å². The smallest absolute Gasteiger partial charge is 0.253 e. The number of hydrogen-bond acceptors (Lipinski definition) is 4. The van der Waals surface area contributed by atoms with Crippen LogP contribution in [0.3, 0.4) is 0 Å². The largest absolute Gasteiger partial charge is 0.497 e. The maximum absolute atomic E-state index is 12.6. The number of hydrogen-bond donors (Lipinski definition) is 0. The van der Waals surface area contributed by atoms with E-state index in [-0.39, 0.29) is 5.91 Å². The molecule has 2 aliphatic heterocycles. The summed E-state index contributed by atoms with van der Waals surface area (Å²) in [6.45, 7) is 6.65. The minimum absolute atomic E-state index is 0.119. The lowest BCUT2D eigenvalue weighted by molar-refractivity contribution is 0.0243. The lowest BCUT2D eigenvalue weighted by Gasteiger charge is -2.36. The van der Waals surface area contributed by atoms with E-state index in [0.29, 0.717) is 5.92 Å². The SMILES string of the molecule is COc1cccc(C(=O)N2CCC(CN3CCOCC3)CC2)c1.